The lowest BCUT2D eigenvalue weighted by Gasteiger charge is -2.12. The third kappa shape index (κ3) is 4.44. The standard InChI is InChI=1S/C13H18N6O2/c1-9(6-16-13(20)21)5-14-11-4-3-10(7-15-11)12-17-8-19(2)18-12/h3-4,7-9,16H,5-6H2,1-2H3,(H,14,15)(H,20,21). The first-order valence-corrected chi connectivity index (χ1v) is 6.57. The summed E-state index contributed by atoms with van der Waals surface area (Å²) in [7, 11) is 1.81. The highest BCUT2D eigenvalue weighted by Crippen LogP contribution is 2.14. The first-order chi connectivity index (χ1) is 10.0. The van der Waals surface area contributed by atoms with E-state index < -0.39 is 6.09 Å². The van der Waals surface area contributed by atoms with Gasteiger partial charge in [-0.3, -0.25) is 4.68 Å². The van der Waals surface area contributed by atoms with Crippen molar-refractivity contribution in [2.75, 3.05) is 18.4 Å². The number of pyridine rings is 1. The number of hydrogen-bond donors (Lipinski definition) is 3. The highest BCUT2D eigenvalue weighted by atomic mass is 16.4. The van der Waals surface area contributed by atoms with Gasteiger partial charge in [-0.1, -0.05) is 6.92 Å². The molecule has 0 radical (unpaired) electrons. The second-order valence-electron chi connectivity index (χ2n) is 4.85. The molecule has 1 atom stereocenters. The maximum atomic E-state index is 10.4. The maximum Gasteiger partial charge on any atom is 0.404 e. The number of nitrogens with one attached hydrogen (secondary N) is 2. The minimum Gasteiger partial charge on any atom is -0.465 e. The molecule has 1 amide bonds. The zero-order valence-electron chi connectivity index (χ0n) is 11.9. The molecule has 2 heterocycles. The number of amides is 1. The first-order valence-electron chi connectivity index (χ1n) is 6.57. The van der Waals surface area contributed by atoms with Crippen LogP contribution in [0.25, 0.3) is 11.4 Å². The van der Waals surface area contributed by atoms with E-state index in [1.165, 1.54) is 0 Å². The second kappa shape index (κ2) is 6.69. The van der Waals surface area contributed by atoms with Crippen LogP contribution in [0.4, 0.5) is 10.6 Å². The molecular formula is C13H18N6O2. The third-order valence-electron chi connectivity index (χ3n) is 2.85. The van der Waals surface area contributed by atoms with E-state index in [0.717, 1.165) is 11.4 Å². The molecule has 0 saturated heterocycles. The van der Waals surface area contributed by atoms with Crippen molar-refractivity contribution in [3.8, 4) is 11.4 Å². The van der Waals surface area contributed by atoms with Crippen LogP contribution in [0.3, 0.4) is 0 Å². The third-order valence-corrected chi connectivity index (χ3v) is 2.85. The van der Waals surface area contributed by atoms with Crippen molar-refractivity contribution in [3.63, 3.8) is 0 Å². The molecule has 0 aliphatic carbocycles. The van der Waals surface area contributed by atoms with Crippen LogP contribution in [0.2, 0.25) is 0 Å². The first kappa shape index (κ1) is 14.8. The number of anilines is 1. The van der Waals surface area contributed by atoms with E-state index >= 15 is 0 Å². The Morgan fingerprint density at radius 3 is 2.76 bits per heavy atom. The van der Waals surface area contributed by atoms with Crippen LogP contribution in [0.15, 0.2) is 24.7 Å². The van der Waals surface area contributed by atoms with Crippen LogP contribution in [0, 0.1) is 5.92 Å². The lowest BCUT2D eigenvalue weighted by atomic mass is 10.2. The Labute approximate surface area is 122 Å². The molecule has 0 aliphatic heterocycles. The molecule has 3 N–H and O–H groups in total. The lowest BCUT2D eigenvalue weighted by molar-refractivity contribution is 0.193. The molecule has 1 unspecified atom stereocenters. The zero-order chi connectivity index (χ0) is 15.2. The molecule has 0 bridgehead atoms. The molecular weight excluding hydrogens is 272 g/mol. The van der Waals surface area contributed by atoms with Gasteiger partial charge in [-0.25, -0.2) is 14.8 Å². The molecule has 0 aromatic carbocycles. The van der Waals surface area contributed by atoms with Crippen LogP contribution in [-0.2, 0) is 7.05 Å². The Bertz CT molecular complexity index is 595. The monoisotopic (exact) mass is 290 g/mol. The summed E-state index contributed by atoms with van der Waals surface area (Å²) in [6.07, 6.45) is 2.34. The van der Waals surface area contributed by atoms with Crippen LogP contribution in [-0.4, -0.2) is 44.0 Å². The van der Waals surface area contributed by atoms with Crippen LogP contribution < -0.4 is 10.6 Å². The Balaban J connectivity index is 1.86. The van der Waals surface area contributed by atoms with Crippen LogP contribution in [0.5, 0.6) is 0 Å². The predicted molar refractivity (Wildman–Crippen MR) is 77.9 cm³/mol. The van der Waals surface area contributed by atoms with Crippen molar-refractivity contribution in [1.82, 2.24) is 25.1 Å². The molecule has 8 nitrogen and oxygen atoms in total. The molecule has 0 spiro atoms. The van der Waals surface area contributed by atoms with Gasteiger partial charge < -0.3 is 15.7 Å². The van der Waals surface area contributed by atoms with Gasteiger partial charge in [-0.15, -0.1) is 0 Å². The van der Waals surface area contributed by atoms with Crippen molar-refractivity contribution in [2.24, 2.45) is 13.0 Å². The highest BCUT2D eigenvalue weighted by Gasteiger charge is 2.06. The van der Waals surface area contributed by atoms with E-state index in [2.05, 4.69) is 25.7 Å². The molecule has 8 heteroatoms. The van der Waals surface area contributed by atoms with Gasteiger partial charge in [0.25, 0.3) is 0 Å². The number of aryl methyl sites for hydroxylation is 1. The van der Waals surface area contributed by atoms with Crippen molar-refractivity contribution in [2.45, 2.75) is 6.92 Å². The fraction of sp³-hybridized carbons (Fsp3) is 0.385. The molecule has 2 aromatic heterocycles. The Kier molecular flexibility index (Phi) is 4.70. The van der Waals surface area contributed by atoms with Gasteiger partial charge in [0.2, 0.25) is 0 Å². The van der Waals surface area contributed by atoms with E-state index in [-0.39, 0.29) is 5.92 Å². The molecule has 0 saturated carbocycles. The molecule has 0 aliphatic rings. The van der Waals surface area contributed by atoms with Crippen molar-refractivity contribution in [1.29, 1.82) is 0 Å². The van der Waals surface area contributed by atoms with E-state index in [9.17, 15) is 4.79 Å². The number of hydrogen-bond acceptors (Lipinski definition) is 5. The van der Waals surface area contributed by atoms with Gasteiger partial charge >= 0.3 is 6.09 Å². The average Bonchev–Trinajstić information content (AvgIpc) is 2.90. The molecule has 21 heavy (non-hydrogen) atoms. The molecule has 112 valence electrons. The Morgan fingerprint density at radius 1 is 1.38 bits per heavy atom. The fourth-order valence-electron chi connectivity index (χ4n) is 1.71. The van der Waals surface area contributed by atoms with Gasteiger partial charge in [-0.2, -0.15) is 5.10 Å². The van der Waals surface area contributed by atoms with Crippen molar-refractivity contribution >= 4 is 11.9 Å². The largest absolute Gasteiger partial charge is 0.465 e. The summed E-state index contributed by atoms with van der Waals surface area (Å²) in [5, 5.41) is 18.3. The minimum atomic E-state index is -1.01. The SMILES string of the molecule is CC(CNC(=O)O)CNc1ccc(-c2ncn(C)n2)cn1. The molecule has 2 rings (SSSR count). The number of carbonyl (C=O) groups is 1. The zero-order valence-corrected chi connectivity index (χ0v) is 11.9. The molecule has 0 fully saturated rings. The second-order valence-corrected chi connectivity index (χ2v) is 4.85. The summed E-state index contributed by atoms with van der Waals surface area (Å²) in [5.74, 6) is 1.53. The summed E-state index contributed by atoms with van der Waals surface area (Å²) in [6.45, 7) is 2.99. The van der Waals surface area contributed by atoms with E-state index in [0.29, 0.717) is 18.9 Å². The van der Waals surface area contributed by atoms with Crippen LogP contribution >= 0.6 is 0 Å². The smallest absolute Gasteiger partial charge is 0.404 e. The quantitative estimate of drug-likeness (QED) is 0.738. The van der Waals surface area contributed by atoms with Crippen molar-refractivity contribution in [3.05, 3.63) is 24.7 Å². The summed E-state index contributed by atoms with van der Waals surface area (Å²) in [4.78, 5) is 18.8. The Hall–Kier alpha value is -2.64. The van der Waals surface area contributed by atoms with Gasteiger partial charge in [-0.05, 0) is 18.1 Å². The van der Waals surface area contributed by atoms with Gasteiger partial charge in [0.1, 0.15) is 12.1 Å². The van der Waals surface area contributed by atoms with Crippen LogP contribution in [0.1, 0.15) is 6.92 Å². The Morgan fingerprint density at radius 2 is 2.19 bits per heavy atom. The summed E-state index contributed by atoms with van der Waals surface area (Å²) < 4.78 is 1.64. The van der Waals surface area contributed by atoms with Crippen molar-refractivity contribution < 1.29 is 9.90 Å². The van der Waals surface area contributed by atoms with E-state index in [1.807, 2.05) is 26.1 Å². The topological polar surface area (TPSA) is 105 Å². The van der Waals surface area contributed by atoms with E-state index in [1.54, 1.807) is 17.2 Å². The average molecular weight is 290 g/mol. The van der Waals surface area contributed by atoms with Gasteiger partial charge in [0.05, 0.1) is 0 Å². The normalized spacial score (nSPS) is 11.9. The predicted octanol–water partition coefficient (Wildman–Crippen LogP) is 1.19. The molecule has 2 aromatic rings. The van der Waals surface area contributed by atoms with Gasteiger partial charge in [0.15, 0.2) is 5.82 Å². The summed E-state index contributed by atoms with van der Waals surface area (Å²) >= 11 is 0. The number of nitrogens with zero attached hydrogens (tertiary/aromatic N) is 4. The minimum absolute atomic E-state index is 0.167. The van der Waals surface area contributed by atoms with E-state index in [4.69, 9.17) is 5.11 Å². The fourth-order valence-corrected chi connectivity index (χ4v) is 1.71. The maximum absolute atomic E-state index is 10.4. The highest BCUT2D eigenvalue weighted by molar-refractivity contribution is 5.64. The summed E-state index contributed by atoms with van der Waals surface area (Å²) in [6, 6.07) is 3.74. The van der Waals surface area contributed by atoms with Gasteiger partial charge in [0, 0.05) is 31.9 Å². The number of rotatable bonds is 6. The number of carboxylic acid groups (broad SMARTS) is 1. The lowest BCUT2D eigenvalue weighted by Crippen LogP contribution is -2.29. The summed E-state index contributed by atoms with van der Waals surface area (Å²) in [5.41, 5.74) is 0.849. The number of aromatic nitrogens is 4.